The Bertz CT molecular complexity index is 696. The first-order valence-electron chi connectivity index (χ1n) is 6.79. The number of nitrogens with one attached hydrogen (secondary N) is 1. The monoisotopic (exact) mass is 339 g/mol. The Labute approximate surface area is 137 Å². The first-order chi connectivity index (χ1) is 10.1. The molecule has 3 atom stereocenters. The van der Waals surface area contributed by atoms with Crippen LogP contribution in [0.3, 0.4) is 0 Å². The van der Waals surface area contributed by atoms with E-state index < -0.39 is 0 Å². The van der Waals surface area contributed by atoms with Gasteiger partial charge in [-0.05, 0) is 18.9 Å². The molecule has 1 N–H and O–H groups in total. The van der Waals surface area contributed by atoms with Crippen LogP contribution < -0.4 is 5.32 Å². The molecular formula is C16H15Cl2NOS. The van der Waals surface area contributed by atoms with Gasteiger partial charge >= 0.3 is 0 Å². The predicted molar refractivity (Wildman–Crippen MR) is 90.7 cm³/mol. The summed E-state index contributed by atoms with van der Waals surface area (Å²) in [6.45, 7) is 3.92. The van der Waals surface area contributed by atoms with Gasteiger partial charge in [-0.1, -0.05) is 30.4 Å². The lowest BCUT2D eigenvalue weighted by Crippen LogP contribution is -2.45. The number of amides is 1. The van der Waals surface area contributed by atoms with Crippen LogP contribution in [0.1, 0.15) is 23.2 Å². The molecule has 110 valence electrons. The van der Waals surface area contributed by atoms with Crippen LogP contribution in [0, 0.1) is 0 Å². The summed E-state index contributed by atoms with van der Waals surface area (Å²) in [5.74, 6) is -0.0838. The van der Waals surface area contributed by atoms with Crippen molar-refractivity contribution in [1.29, 1.82) is 0 Å². The number of hydrogen-bond donors (Lipinski definition) is 1. The van der Waals surface area contributed by atoms with Gasteiger partial charge in [0.15, 0.2) is 0 Å². The summed E-state index contributed by atoms with van der Waals surface area (Å²) in [6, 6.07) is 7.77. The van der Waals surface area contributed by atoms with Gasteiger partial charge in [0.1, 0.15) is 0 Å². The smallest absolute Gasteiger partial charge is 0.253 e. The van der Waals surface area contributed by atoms with Crippen LogP contribution in [0.5, 0.6) is 0 Å². The molecule has 0 saturated heterocycles. The van der Waals surface area contributed by atoms with Gasteiger partial charge in [-0.25, -0.2) is 0 Å². The maximum atomic E-state index is 12.5. The SMILES string of the molecule is C=C1CC(Cl)C(NC(=O)c2csc3ccccc23)CC1Cl. The third-order valence-electron chi connectivity index (χ3n) is 3.84. The summed E-state index contributed by atoms with van der Waals surface area (Å²) in [4.78, 5) is 12.5. The Morgan fingerprint density at radius 1 is 1.33 bits per heavy atom. The van der Waals surface area contributed by atoms with Gasteiger partial charge in [-0.3, -0.25) is 4.79 Å². The highest BCUT2D eigenvalue weighted by Gasteiger charge is 2.32. The van der Waals surface area contributed by atoms with Crippen molar-refractivity contribution in [3.05, 3.63) is 47.4 Å². The Morgan fingerprint density at radius 3 is 2.90 bits per heavy atom. The fourth-order valence-electron chi connectivity index (χ4n) is 2.61. The largest absolute Gasteiger partial charge is 0.348 e. The molecule has 3 rings (SSSR count). The zero-order chi connectivity index (χ0) is 15.0. The van der Waals surface area contributed by atoms with E-state index >= 15 is 0 Å². The normalized spacial score (nSPS) is 26.0. The second-order valence-electron chi connectivity index (χ2n) is 5.31. The molecule has 1 aromatic carbocycles. The molecule has 1 aromatic heterocycles. The Morgan fingerprint density at radius 2 is 2.10 bits per heavy atom. The van der Waals surface area contributed by atoms with Crippen LogP contribution in [-0.4, -0.2) is 22.7 Å². The van der Waals surface area contributed by atoms with Crippen molar-refractivity contribution in [2.75, 3.05) is 0 Å². The van der Waals surface area contributed by atoms with Crippen LogP contribution in [0.15, 0.2) is 41.8 Å². The van der Waals surface area contributed by atoms with E-state index in [0.717, 1.165) is 15.7 Å². The number of rotatable bonds is 2. The summed E-state index contributed by atoms with van der Waals surface area (Å²) >= 11 is 14.1. The highest BCUT2D eigenvalue weighted by atomic mass is 35.5. The maximum Gasteiger partial charge on any atom is 0.253 e. The molecule has 21 heavy (non-hydrogen) atoms. The standard InChI is InChI=1S/C16H15Cl2NOS/c1-9-6-13(18)14(7-12(9)17)19-16(20)11-8-21-15-5-3-2-4-10(11)15/h2-5,8,12-14H,1,6-7H2,(H,19,20). The molecule has 1 amide bonds. The summed E-state index contributed by atoms with van der Waals surface area (Å²) in [6.07, 6.45) is 1.27. The minimum Gasteiger partial charge on any atom is -0.348 e. The molecule has 2 nitrogen and oxygen atoms in total. The van der Waals surface area contributed by atoms with Gasteiger partial charge in [0.25, 0.3) is 5.91 Å². The number of carbonyl (C=O) groups is 1. The van der Waals surface area contributed by atoms with E-state index in [1.807, 2.05) is 29.6 Å². The molecule has 0 aliphatic heterocycles. The molecule has 0 spiro atoms. The van der Waals surface area contributed by atoms with E-state index in [0.29, 0.717) is 18.4 Å². The highest BCUT2D eigenvalue weighted by molar-refractivity contribution is 7.17. The fraction of sp³-hybridized carbons (Fsp3) is 0.312. The Balaban J connectivity index is 1.78. The average molecular weight is 340 g/mol. The molecular weight excluding hydrogens is 325 g/mol. The van der Waals surface area contributed by atoms with E-state index in [9.17, 15) is 4.79 Å². The van der Waals surface area contributed by atoms with Crippen molar-refractivity contribution >= 4 is 50.5 Å². The zero-order valence-corrected chi connectivity index (χ0v) is 13.6. The predicted octanol–water partition coefficient (Wildman–Crippen LogP) is 4.56. The van der Waals surface area contributed by atoms with Crippen LogP contribution in [0.25, 0.3) is 10.1 Å². The van der Waals surface area contributed by atoms with Gasteiger partial charge in [0.2, 0.25) is 0 Å². The topological polar surface area (TPSA) is 29.1 Å². The number of fused-ring (bicyclic) bond motifs is 1. The lowest BCUT2D eigenvalue weighted by molar-refractivity contribution is 0.0934. The quantitative estimate of drug-likeness (QED) is 0.630. The van der Waals surface area contributed by atoms with E-state index in [1.54, 1.807) is 11.3 Å². The van der Waals surface area contributed by atoms with Crippen LogP contribution in [0.2, 0.25) is 0 Å². The lowest BCUT2D eigenvalue weighted by atomic mass is 9.90. The van der Waals surface area contributed by atoms with Crippen molar-refractivity contribution in [2.24, 2.45) is 0 Å². The van der Waals surface area contributed by atoms with Gasteiger partial charge in [-0.15, -0.1) is 34.5 Å². The second kappa shape index (κ2) is 5.99. The molecule has 0 bridgehead atoms. The summed E-state index contributed by atoms with van der Waals surface area (Å²) in [5.41, 5.74) is 1.65. The molecule has 0 radical (unpaired) electrons. The van der Waals surface area contributed by atoms with Crippen molar-refractivity contribution in [1.82, 2.24) is 5.32 Å². The van der Waals surface area contributed by atoms with Crippen molar-refractivity contribution in [2.45, 2.75) is 29.6 Å². The van der Waals surface area contributed by atoms with Crippen molar-refractivity contribution < 1.29 is 4.79 Å². The highest BCUT2D eigenvalue weighted by Crippen LogP contribution is 2.31. The Hall–Kier alpha value is -1.03. The van der Waals surface area contributed by atoms with Crippen molar-refractivity contribution in [3.63, 3.8) is 0 Å². The number of halogens is 2. The zero-order valence-electron chi connectivity index (χ0n) is 11.3. The van der Waals surface area contributed by atoms with Gasteiger partial charge in [-0.2, -0.15) is 0 Å². The third kappa shape index (κ3) is 2.96. The molecule has 5 heteroatoms. The second-order valence-corrected chi connectivity index (χ2v) is 7.31. The van der Waals surface area contributed by atoms with E-state index in [-0.39, 0.29) is 22.7 Å². The molecule has 3 unspecified atom stereocenters. The van der Waals surface area contributed by atoms with Gasteiger partial charge in [0, 0.05) is 21.5 Å². The van der Waals surface area contributed by atoms with Crippen LogP contribution >= 0.6 is 34.5 Å². The molecule has 1 saturated carbocycles. The summed E-state index contributed by atoms with van der Waals surface area (Å²) < 4.78 is 1.11. The van der Waals surface area contributed by atoms with Crippen LogP contribution in [-0.2, 0) is 0 Å². The average Bonchev–Trinajstić information content (AvgIpc) is 2.88. The van der Waals surface area contributed by atoms with E-state index in [4.69, 9.17) is 23.2 Å². The molecule has 2 aromatic rings. The maximum absolute atomic E-state index is 12.5. The molecule has 1 aliphatic carbocycles. The number of alkyl halides is 2. The fourth-order valence-corrected chi connectivity index (χ4v) is 4.19. The molecule has 1 fully saturated rings. The number of hydrogen-bond acceptors (Lipinski definition) is 2. The van der Waals surface area contributed by atoms with Crippen LogP contribution in [0.4, 0.5) is 0 Å². The molecule has 1 heterocycles. The van der Waals surface area contributed by atoms with E-state index in [1.165, 1.54) is 0 Å². The number of thiophene rings is 1. The minimum absolute atomic E-state index is 0.0838. The minimum atomic E-state index is -0.152. The number of allylic oxidation sites excluding steroid dienone is 1. The number of benzene rings is 1. The summed E-state index contributed by atoms with van der Waals surface area (Å²) in [5, 5.41) is 5.62. The number of carbonyl (C=O) groups excluding carboxylic acids is 1. The Kier molecular flexibility index (Phi) is 4.25. The lowest BCUT2D eigenvalue weighted by Gasteiger charge is -2.32. The van der Waals surface area contributed by atoms with Crippen molar-refractivity contribution in [3.8, 4) is 0 Å². The first kappa shape index (κ1) is 14.9. The molecule has 1 aliphatic rings. The third-order valence-corrected chi connectivity index (χ3v) is 5.75. The first-order valence-corrected chi connectivity index (χ1v) is 8.54. The van der Waals surface area contributed by atoms with E-state index in [2.05, 4.69) is 11.9 Å². The van der Waals surface area contributed by atoms with Gasteiger partial charge < -0.3 is 5.32 Å². The van der Waals surface area contributed by atoms with Gasteiger partial charge in [0.05, 0.1) is 16.3 Å². The summed E-state index contributed by atoms with van der Waals surface area (Å²) in [7, 11) is 0.